The summed E-state index contributed by atoms with van der Waals surface area (Å²) in [7, 11) is 0. The van der Waals surface area contributed by atoms with Gasteiger partial charge in [0.15, 0.2) is 0 Å². The van der Waals surface area contributed by atoms with Gasteiger partial charge in [0.05, 0.1) is 36.4 Å². The summed E-state index contributed by atoms with van der Waals surface area (Å²) in [4.78, 5) is 52.0. The molecule has 3 amide bonds. The molecule has 1 N–H and O–H groups in total. The van der Waals surface area contributed by atoms with Gasteiger partial charge >= 0.3 is 0 Å². The van der Waals surface area contributed by atoms with Gasteiger partial charge in [0.25, 0.3) is 0 Å². The van der Waals surface area contributed by atoms with E-state index in [1.165, 1.54) is 0 Å². The predicted molar refractivity (Wildman–Crippen MR) is 190 cm³/mol. The number of aliphatic hydroxyl groups is 1. The first-order valence-corrected chi connectivity index (χ1v) is 18.6. The number of rotatable bonds is 18. The third kappa shape index (κ3) is 7.20. The lowest BCUT2D eigenvalue weighted by Crippen LogP contribution is -2.58. The van der Waals surface area contributed by atoms with E-state index in [2.05, 4.69) is 25.0 Å². The van der Waals surface area contributed by atoms with Crippen molar-refractivity contribution >= 4 is 35.2 Å². The van der Waals surface area contributed by atoms with Crippen molar-refractivity contribution in [1.82, 2.24) is 14.7 Å². The number of amides is 3. The molecule has 4 aliphatic heterocycles. The summed E-state index contributed by atoms with van der Waals surface area (Å²) in [6, 6.07) is 6.84. The summed E-state index contributed by atoms with van der Waals surface area (Å²) in [6.45, 7) is 18.2. The summed E-state index contributed by atoms with van der Waals surface area (Å²) >= 11 is 1.72. The first-order chi connectivity index (χ1) is 23.3. The number of ether oxygens (including phenoxy) is 2. The van der Waals surface area contributed by atoms with Gasteiger partial charge in [-0.05, 0) is 56.4 Å². The molecule has 1 aromatic carbocycles. The van der Waals surface area contributed by atoms with Crippen LogP contribution in [0.25, 0.3) is 0 Å². The maximum absolute atomic E-state index is 14.9. The number of carbonyl (C=O) groups is 3. The van der Waals surface area contributed by atoms with Crippen LogP contribution in [0.5, 0.6) is 5.75 Å². The smallest absolute Gasteiger partial charge is 0.247 e. The van der Waals surface area contributed by atoms with Crippen LogP contribution in [0.4, 0.5) is 5.69 Å². The first kappa shape index (κ1) is 36.4. The number of likely N-dealkylation sites (tertiary alicyclic amines) is 1. The highest BCUT2D eigenvalue weighted by molar-refractivity contribution is 8.02. The largest absolute Gasteiger partial charge is 0.494 e. The van der Waals surface area contributed by atoms with E-state index in [-0.39, 0.29) is 35.5 Å². The highest BCUT2D eigenvalue weighted by Gasteiger charge is 2.76. The highest BCUT2D eigenvalue weighted by atomic mass is 32.2. The van der Waals surface area contributed by atoms with E-state index >= 15 is 0 Å². The summed E-state index contributed by atoms with van der Waals surface area (Å²) < 4.78 is 10.5. The van der Waals surface area contributed by atoms with Crippen LogP contribution in [0.15, 0.2) is 49.6 Å². The molecule has 5 rings (SSSR count). The molecular formula is C37H54N4O6S. The zero-order valence-electron chi connectivity index (χ0n) is 28.8. The Hall–Kier alpha value is -2.86. The van der Waals surface area contributed by atoms with E-state index in [9.17, 15) is 19.5 Å². The number of anilines is 1. The molecule has 6 atom stereocenters. The second kappa shape index (κ2) is 16.7. The second-order valence-corrected chi connectivity index (χ2v) is 15.0. The number of hydrogen-bond acceptors (Lipinski definition) is 8. The normalized spacial score (nSPS) is 27.9. The van der Waals surface area contributed by atoms with Crippen LogP contribution in [-0.4, -0.2) is 126 Å². The van der Waals surface area contributed by atoms with E-state index in [1.54, 1.807) is 28.8 Å². The molecule has 264 valence electrons. The lowest BCUT2D eigenvalue weighted by molar-refractivity contribution is -0.142. The Labute approximate surface area is 290 Å². The number of unbranched alkanes of at least 4 members (excludes halogenated alkanes) is 3. The molecule has 4 fully saturated rings. The van der Waals surface area contributed by atoms with Crippen molar-refractivity contribution in [3.05, 3.63) is 49.6 Å². The quantitative estimate of drug-likeness (QED) is 0.184. The fourth-order valence-corrected chi connectivity index (χ4v) is 10.7. The molecule has 0 saturated carbocycles. The molecule has 3 unspecified atom stereocenters. The van der Waals surface area contributed by atoms with Gasteiger partial charge in [-0.2, -0.15) is 0 Å². The first-order valence-electron chi connectivity index (χ1n) is 17.8. The van der Waals surface area contributed by atoms with Crippen molar-refractivity contribution in [2.24, 2.45) is 17.8 Å². The molecule has 0 aliphatic carbocycles. The number of aliphatic hydroxyl groups excluding tert-OH is 1. The van der Waals surface area contributed by atoms with Gasteiger partial charge in [-0.1, -0.05) is 31.9 Å². The van der Waals surface area contributed by atoms with Crippen molar-refractivity contribution in [3.8, 4) is 5.75 Å². The number of benzene rings is 1. The third-order valence-corrected chi connectivity index (χ3v) is 12.6. The fraction of sp³-hybridized carbons (Fsp3) is 0.649. The number of hydrogen-bond donors (Lipinski definition) is 1. The van der Waals surface area contributed by atoms with Crippen molar-refractivity contribution in [3.63, 3.8) is 0 Å². The molecule has 0 aromatic heterocycles. The minimum atomic E-state index is -0.693. The number of fused-ring (bicyclic) bond motifs is 1. The number of thioether (sulfide) groups is 1. The standard InChI is InChI=1S/C37H54N4O6S/c1-5-16-39(20-19-38-21-24-46-25-22-38)36(45)33-37-27(4)26-30(48-37)31(32(37)35(44)41(33)18-10-8-9-11-23-42)34(43)40(17-6-2)28-12-14-29(15-13-28)47-7-3/h5-6,12-15,27,30-33,42H,1-2,7-11,16-26H2,3-4H3/t27?,30-,31+,32-,33?,37?/m0/s1. The van der Waals surface area contributed by atoms with Crippen LogP contribution in [0, 0.1) is 17.8 Å². The SMILES string of the molecule is C=CCN(CCN1CCOCC1)C(=O)C1N(CCCCCCO)C(=O)[C@@H]2[C@H](C(=O)N(CC=C)c3ccc(OCC)cc3)[C@@H]3CC(C)C12S3. The summed E-state index contributed by atoms with van der Waals surface area (Å²) in [5, 5.41) is 9.24. The van der Waals surface area contributed by atoms with Gasteiger partial charge in [-0.15, -0.1) is 24.9 Å². The van der Waals surface area contributed by atoms with E-state index in [0.717, 1.165) is 56.8 Å². The molecule has 4 saturated heterocycles. The molecular weight excluding hydrogens is 628 g/mol. The lowest BCUT2D eigenvalue weighted by atomic mass is 9.65. The molecule has 10 nitrogen and oxygen atoms in total. The molecule has 1 aromatic rings. The van der Waals surface area contributed by atoms with Crippen molar-refractivity contribution in [1.29, 1.82) is 0 Å². The highest BCUT2D eigenvalue weighted by Crippen LogP contribution is 2.69. The topological polar surface area (TPSA) is 103 Å². The molecule has 2 bridgehead atoms. The van der Waals surface area contributed by atoms with Gasteiger partial charge in [-0.3, -0.25) is 19.3 Å². The summed E-state index contributed by atoms with van der Waals surface area (Å²) in [5.41, 5.74) is 0.734. The summed E-state index contributed by atoms with van der Waals surface area (Å²) in [5.74, 6) is -0.521. The molecule has 48 heavy (non-hydrogen) atoms. The Bertz CT molecular complexity index is 1290. The van der Waals surface area contributed by atoms with Gasteiger partial charge in [0, 0.05) is 63.4 Å². The Morgan fingerprint density at radius 3 is 2.44 bits per heavy atom. The van der Waals surface area contributed by atoms with Crippen LogP contribution in [-0.2, 0) is 19.1 Å². The Kier molecular flexibility index (Phi) is 12.7. The fourth-order valence-electron chi connectivity index (χ4n) is 8.30. The van der Waals surface area contributed by atoms with E-state index in [0.29, 0.717) is 52.4 Å². The maximum Gasteiger partial charge on any atom is 0.247 e. The van der Waals surface area contributed by atoms with E-state index < -0.39 is 22.6 Å². The predicted octanol–water partition coefficient (Wildman–Crippen LogP) is 3.84. The number of carbonyl (C=O) groups excluding carboxylic acids is 3. The Morgan fingerprint density at radius 2 is 1.77 bits per heavy atom. The number of morpholine rings is 1. The minimum absolute atomic E-state index is 0.0445. The third-order valence-electron chi connectivity index (χ3n) is 10.6. The van der Waals surface area contributed by atoms with E-state index in [4.69, 9.17) is 9.47 Å². The van der Waals surface area contributed by atoms with Crippen LogP contribution >= 0.6 is 11.8 Å². The molecule has 4 aliphatic rings. The second-order valence-electron chi connectivity index (χ2n) is 13.4. The van der Waals surface area contributed by atoms with Gasteiger partial charge < -0.3 is 29.3 Å². The molecule has 11 heteroatoms. The molecule has 0 radical (unpaired) electrons. The van der Waals surface area contributed by atoms with Gasteiger partial charge in [-0.25, -0.2) is 0 Å². The van der Waals surface area contributed by atoms with Crippen LogP contribution in [0.1, 0.15) is 46.0 Å². The zero-order valence-corrected chi connectivity index (χ0v) is 29.6. The van der Waals surface area contributed by atoms with E-state index in [1.807, 2.05) is 41.0 Å². The van der Waals surface area contributed by atoms with Crippen molar-refractivity contribution in [2.45, 2.75) is 62.0 Å². The average Bonchev–Trinajstić information content (AvgIpc) is 3.69. The Morgan fingerprint density at radius 1 is 1.06 bits per heavy atom. The Balaban J connectivity index is 1.46. The summed E-state index contributed by atoms with van der Waals surface area (Å²) in [6.07, 6.45) is 7.43. The van der Waals surface area contributed by atoms with Gasteiger partial charge in [0.2, 0.25) is 17.7 Å². The minimum Gasteiger partial charge on any atom is -0.494 e. The van der Waals surface area contributed by atoms with Crippen LogP contribution < -0.4 is 9.64 Å². The van der Waals surface area contributed by atoms with Gasteiger partial charge in [0.1, 0.15) is 11.8 Å². The average molecular weight is 683 g/mol. The zero-order chi connectivity index (χ0) is 34.3. The maximum atomic E-state index is 14.9. The van der Waals surface area contributed by atoms with Crippen molar-refractivity contribution in [2.75, 3.05) is 77.1 Å². The molecule has 4 heterocycles. The van der Waals surface area contributed by atoms with Crippen LogP contribution in [0.2, 0.25) is 0 Å². The van der Waals surface area contributed by atoms with Crippen LogP contribution in [0.3, 0.4) is 0 Å². The van der Waals surface area contributed by atoms with Crippen molar-refractivity contribution < 1.29 is 29.0 Å². The number of nitrogens with zero attached hydrogens (tertiary/aromatic N) is 4. The monoisotopic (exact) mass is 682 g/mol. The lowest BCUT2D eigenvalue weighted by Gasteiger charge is -2.41. The molecule has 1 spiro atoms.